The highest BCUT2D eigenvalue weighted by molar-refractivity contribution is 14.0. The Hall–Kier alpha value is -0.530. The van der Waals surface area contributed by atoms with Crippen LogP contribution in [0.25, 0.3) is 0 Å². The molecule has 0 saturated carbocycles. The van der Waals surface area contributed by atoms with Crippen LogP contribution in [-0.4, -0.2) is 31.0 Å². The number of nitrogens with zero attached hydrogens (tertiary/aromatic N) is 1. The van der Waals surface area contributed by atoms with E-state index in [0.29, 0.717) is 18.9 Å². The van der Waals surface area contributed by atoms with Gasteiger partial charge in [-0.2, -0.15) is 0 Å². The molecule has 16 heavy (non-hydrogen) atoms. The van der Waals surface area contributed by atoms with E-state index < -0.39 is 0 Å². The first kappa shape index (κ1) is 17.9. The maximum Gasteiger partial charge on any atom is 0.221 e. The molecule has 0 aliphatic rings. The van der Waals surface area contributed by atoms with Crippen molar-refractivity contribution >= 4 is 35.8 Å². The van der Waals surface area contributed by atoms with Crippen molar-refractivity contribution in [2.45, 2.75) is 39.7 Å². The number of rotatable bonds is 6. The third-order valence-electron chi connectivity index (χ3n) is 1.63. The second kappa shape index (κ2) is 11.0. The first-order valence-electron chi connectivity index (χ1n) is 5.39. The molecule has 0 aromatic rings. The fraction of sp³-hybridized carbons (Fsp3) is 0.800. The van der Waals surface area contributed by atoms with Crippen LogP contribution in [0.4, 0.5) is 0 Å². The third kappa shape index (κ3) is 11.5. The number of nitrogens with two attached hydrogens (primary N) is 1. The lowest BCUT2D eigenvalue weighted by Gasteiger charge is -2.08. The van der Waals surface area contributed by atoms with E-state index in [-0.39, 0.29) is 35.9 Å². The van der Waals surface area contributed by atoms with Crippen LogP contribution in [0.1, 0.15) is 33.6 Å². The molecule has 4 N–H and O–H groups in total. The molecule has 0 aromatic heterocycles. The predicted molar refractivity (Wildman–Crippen MR) is 78.1 cm³/mol. The molecule has 0 fully saturated rings. The summed E-state index contributed by atoms with van der Waals surface area (Å²) in [6.07, 6.45) is 1.34. The molecule has 0 atom stereocenters. The Bertz CT molecular complexity index is 219. The maximum atomic E-state index is 11.2. The van der Waals surface area contributed by atoms with Crippen molar-refractivity contribution in [1.82, 2.24) is 10.6 Å². The summed E-state index contributed by atoms with van der Waals surface area (Å²) >= 11 is 0. The van der Waals surface area contributed by atoms with Gasteiger partial charge in [-0.1, -0.05) is 6.92 Å². The quantitative estimate of drug-likeness (QED) is 0.380. The molecule has 0 spiro atoms. The predicted octanol–water partition coefficient (Wildman–Crippen LogP) is 0.833. The van der Waals surface area contributed by atoms with Gasteiger partial charge in [-0.25, -0.2) is 0 Å². The van der Waals surface area contributed by atoms with Gasteiger partial charge in [0.2, 0.25) is 5.91 Å². The first-order chi connectivity index (χ1) is 7.06. The summed E-state index contributed by atoms with van der Waals surface area (Å²) in [6.45, 7) is 7.14. The highest BCUT2D eigenvalue weighted by Crippen LogP contribution is 1.83. The van der Waals surface area contributed by atoms with Gasteiger partial charge < -0.3 is 16.4 Å². The second-order valence-corrected chi connectivity index (χ2v) is 3.67. The fourth-order valence-electron chi connectivity index (χ4n) is 0.972. The zero-order chi connectivity index (χ0) is 11.7. The summed E-state index contributed by atoms with van der Waals surface area (Å²) < 4.78 is 0. The minimum absolute atomic E-state index is 0. The van der Waals surface area contributed by atoms with Gasteiger partial charge in [0.05, 0.1) is 6.54 Å². The van der Waals surface area contributed by atoms with Crippen LogP contribution >= 0.6 is 24.0 Å². The Morgan fingerprint density at radius 2 is 2.06 bits per heavy atom. The zero-order valence-electron chi connectivity index (χ0n) is 10.2. The van der Waals surface area contributed by atoms with Gasteiger partial charge in [0.1, 0.15) is 0 Å². The Labute approximate surface area is 115 Å². The molecule has 0 aliphatic heterocycles. The van der Waals surface area contributed by atoms with Crippen LogP contribution in [0.5, 0.6) is 0 Å². The third-order valence-corrected chi connectivity index (χ3v) is 1.63. The number of carbonyl (C=O) groups is 1. The molecule has 6 heteroatoms. The molecule has 0 radical (unpaired) electrons. The van der Waals surface area contributed by atoms with Gasteiger partial charge in [0, 0.05) is 19.0 Å². The van der Waals surface area contributed by atoms with Crippen molar-refractivity contribution < 1.29 is 4.79 Å². The van der Waals surface area contributed by atoms with Crippen molar-refractivity contribution in [3.8, 4) is 0 Å². The smallest absolute Gasteiger partial charge is 0.221 e. The molecular formula is C10H23IN4O. The summed E-state index contributed by atoms with van der Waals surface area (Å²) in [5.74, 6) is 0.422. The van der Waals surface area contributed by atoms with Gasteiger partial charge in [0.25, 0.3) is 0 Å². The average molecular weight is 342 g/mol. The van der Waals surface area contributed by atoms with Crippen molar-refractivity contribution in [1.29, 1.82) is 0 Å². The van der Waals surface area contributed by atoms with Crippen molar-refractivity contribution in [3.63, 3.8) is 0 Å². The van der Waals surface area contributed by atoms with Gasteiger partial charge >= 0.3 is 0 Å². The van der Waals surface area contributed by atoms with E-state index in [1.165, 1.54) is 0 Å². The SMILES string of the molecule is CCCNC(=O)CCN=C(N)NC(C)C.I. The molecule has 1 amide bonds. The lowest BCUT2D eigenvalue weighted by molar-refractivity contribution is -0.120. The van der Waals surface area contributed by atoms with E-state index in [9.17, 15) is 4.79 Å². The molecule has 0 bridgehead atoms. The van der Waals surface area contributed by atoms with Gasteiger partial charge in [0.15, 0.2) is 5.96 Å². The average Bonchev–Trinajstić information content (AvgIpc) is 2.13. The Balaban J connectivity index is 0. The van der Waals surface area contributed by atoms with Gasteiger partial charge in [-0.3, -0.25) is 9.79 Å². The lowest BCUT2D eigenvalue weighted by Crippen LogP contribution is -2.37. The lowest BCUT2D eigenvalue weighted by atomic mass is 10.4. The van der Waals surface area contributed by atoms with E-state index in [1.807, 2.05) is 20.8 Å². The number of amides is 1. The molecule has 0 aromatic carbocycles. The molecule has 96 valence electrons. The van der Waals surface area contributed by atoms with Crippen molar-refractivity contribution in [2.75, 3.05) is 13.1 Å². The monoisotopic (exact) mass is 342 g/mol. The molecule has 0 saturated heterocycles. The zero-order valence-corrected chi connectivity index (χ0v) is 12.6. The van der Waals surface area contributed by atoms with E-state index in [2.05, 4.69) is 15.6 Å². The number of carbonyl (C=O) groups excluding carboxylic acids is 1. The number of hydrogen-bond donors (Lipinski definition) is 3. The van der Waals surface area contributed by atoms with Gasteiger partial charge in [-0.05, 0) is 20.3 Å². The molecule has 0 rings (SSSR count). The summed E-state index contributed by atoms with van der Waals surface area (Å²) in [5, 5.41) is 5.73. The summed E-state index contributed by atoms with van der Waals surface area (Å²) in [4.78, 5) is 15.2. The highest BCUT2D eigenvalue weighted by atomic mass is 127. The number of hydrogen-bond acceptors (Lipinski definition) is 2. The second-order valence-electron chi connectivity index (χ2n) is 3.67. The van der Waals surface area contributed by atoms with Crippen molar-refractivity contribution in [3.05, 3.63) is 0 Å². The maximum absolute atomic E-state index is 11.2. The molecular weight excluding hydrogens is 319 g/mol. The van der Waals surface area contributed by atoms with Crippen LogP contribution in [0, 0.1) is 0 Å². The van der Waals surface area contributed by atoms with Crippen LogP contribution in [0.3, 0.4) is 0 Å². The number of aliphatic imine (C=N–C) groups is 1. The van der Waals surface area contributed by atoms with Crippen LogP contribution in [0.15, 0.2) is 4.99 Å². The van der Waals surface area contributed by atoms with Crippen LogP contribution in [-0.2, 0) is 4.79 Å². The summed E-state index contributed by atoms with van der Waals surface area (Å²) in [6, 6.07) is 0.266. The minimum Gasteiger partial charge on any atom is -0.370 e. The van der Waals surface area contributed by atoms with E-state index in [0.717, 1.165) is 13.0 Å². The van der Waals surface area contributed by atoms with Crippen molar-refractivity contribution in [2.24, 2.45) is 10.7 Å². The van der Waals surface area contributed by atoms with E-state index >= 15 is 0 Å². The molecule has 0 unspecified atom stereocenters. The van der Waals surface area contributed by atoms with Crippen LogP contribution in [0.2, 0.25) is 0 Å². The Morgan fingerprint density at radius 3 is 2.56 bits per heavy atom. The normalized spacial score (nSPS) is 10.9. The van der Waals surface area contributed by atoms with Crippen LogP contribution < -0.4 is 16.4 Å². The Morgan fingerprint density at radius 1 is 1.44 bits per heavy atom. The van der Waals surface area contributed by atoms with E-state index in [1.54, 1.807) is 0 Å². The fourth-order valence-corrected chi connectivity index (χ4v) is 0.972. The first-order valence-corrected chi connectivity index (χ1v) is 5.39. The Kier molecular flexibility index (Phi) is 12.2. The topological polar surface area (TPSA) is 79.5 Å². The van der Waals surface area contributed by atoms with E-state index in [4.69, 9.17) is 5.73 Å². The number of guanidine groups is 1. The molecule has 0 heterocycles. The molecule has 5 nitrogen and oxygen atoms in total. The molecule has 0 aliphatic carbocycles. The highest BCUT2D eigenvalue weighted by Gasteiger charge is 1.99. The standard InChI is InChI=1S/C10H22N4O.HI/c1-4-6-12-9(15)5-7-13-10(11)14-8(2)3;/h8H,4-7H2,1-3H3,(H,12,15)(H3,11,13,14);1H. The summed E-state index contributed by atoms with van der Waals surface area (Å²) in [7, 11) is 0. The van der Waals surface area contributed by atoms with Gasteiger partial charge in [-0.15, -0.1) is 24.0 Å². The number of halogens is 1. The minimum atomic E-state index is 0. The largest absolute Gasteiger partial charge is 0.370 e. The summed E-state index contributed by atoms with van der Waals surface area (Å²) in [5.41, 5.74) is 5.57. The number of nitrogens with one attached hydrogen (secondary N) is 2.